The third-order valence-electron chi connectivity index (χ3n) is 3.34. The fourth-order valence-electron chi connectivity index (χ4n) is 2.02. The number of hydrogen-bond donors (Lipinski definition) is 4. The second-order valence-corrected chi connectivity index (χ2v) is 5.30. The molecule has 2 aromatic carbocycles. The molecule has 0 atom stereocenters. The number of rotatable bonds is 7. The fourth-order valence-corrected chi connectivity index (χ4v) is 2.02. The fraction of sp³-hybridized carbons (Fsp3) is 0.167. The van der Waals surface area contributed by atoms with Crippen LogP contribution in [0.2, 0.25) is 0 Å². The summed E-state index contributed by atoms with van der Waals surface area (Å²) in [4.78, 5) is 23.3. The summed E-state index contributed by atoms with van der Waals surface area (Å²) in [6, 6.07) is 13.6. The van der Waals surface area contributed by atoms with E-state index < -0.39 is 5.91 Å². The minimum atomic E-state index is -0.484. The van der Waals surface area contributed by atoms with Crippen molar-refractivity contribution in [1.29, 1.82) is 0 Å². The summed E-state index contributed by atoms with van der Waals surface area (Å²) in [5.74, 6) is -0.939. The summed E-state index contributed by atoms with van der Waals surface area (Å²) in [6.07, 6.45) is 2.14. The van der Waals surface area contributed by atoms with Gasteiger partial charge in [-0.2, -0.15) is 5.10 Å². The first-order valence-electron chi connectivity index (χ1n) is 7.69. The highest BCUT2D eigenvalue weighted by molar-refractivity contribution is 5.87. The number of carbonyl (C=O) groups excluding carboxylic acids is 2. The molecule has 0 saturated carbocycles. The van der Waals surface area contributed by atoms with Gasteiger partial charge in [-0.3, -0.25) is 9.59 Å². The number of phenols is 2. The largest absolute Gasteiger partial charge is 0.508 e. The Balaban J connectivity index is 1.69. The van der Waals surface area contributed by atoms with Gasteiger partial charge < -0.3 is 15.5 Å². The molecule has 0 spiro atoms. The molecular formula is C18H19N3O4. The number of carbonyl (C=O) groups is 2. The molecule has 25 heavy (non-hydrogen) atoms. The first-order chi connectivity index (χ1) is 12.0. The Morgan fingerprint density at radius 1 is 1.04 bits per heavy atom. The maximum atomic E-state index is 11.7. The third-order valence-corrected chi connectivity index (χ3v) is 3.34. The van der Waals surface area contributed by atoms with Gasteiger partial charge in [-0.15, -0.1) is 0 Å². The van der Waals surface area contributed by atoms with Gasteiger partial charge in [-0.1, -0.05) is 30.3 Å². The van der Waals surface area contributed by atoms with Crippen molar-refractivity contribution in [2.75, 3.05) is 6.54 Å². The highest BCUT2D eigenvalue weighted by Gasteiger charge is 2.05. The van der Waals surface area contributed by atoms with E-state index in [0.29, 0.717) is 18.4 Å². The third kappa shape index (κ3) is 6.34. The lowest BCUT2D eigenvalue weighted by Gasteiger charge is -2.04. The van der Waals surface area contributed by atoms with Gasteiger partial charge in [0.1, 0.15) is 11.5 Å². The number of hydrogen-bond acceptors (Lipinski definition) is 5. The van der Waals surface area contributed by atoms with E-state index in [9.17, 15) is 19.8 Å². The highest BCUT2D eigenvalue weighted by Crippen LogP contribution is 2.20. The smallest absolute Gasteiger partial charge is 0.259 e. The van der Waals surface area contributed by atoms with E-state index in [0.717, 1.165) is 11.6 Å². The molecule has 0 fully saturated rings. The molecule has 0 bridgehead atoms. The summed E-state index contributed by atoms with van der Waals surface area (Å²) in [6.45, 7) is -0.188. The topological polar surface area (TPSA) is 111 Å². The van der Waals surface area contributed by atoms with Crippen LogP contribution >= 0.6 is 0 Å². The molecule has 0 aliphatic carbocycles. The number of benzene rings is 2. The van der Waals surface area contributed by atoms with Crippen LogP contribution < -0.4 is 10.7 Å². The Morgan fingerprint density at radius 2 is 1.80 bits per heavy atom. The minimum absolute atomic E-state index is 0.0723. The van der Waals surface area contributed by atoms with Gasteiger partial charge in [-0.05, 0) is 24.1 Å². The lowest BCUT2D eigenvalue weighted by Crippen LogP contribution is -2.35. The first kappa shape index (κ1) is 18.0. The van der Waals surface area contributed by atoms with Crippen molar-refractivity contribution < 1.29 is 19.8 Å². The summed E-state index contributed by atoms with van der Waals surface area (Å²) < 4.78 is 0. The first-order valence-corrected chi connectivity index (χ1v) is 7.69. The van der Waals surface area contributed by atoms with Gasteiger partial charge >= 0.3 is 0 Å². The van der Waals surface area contributed by atoms with Crippen molar-refractivity contribution in [2.24, 2.45) is 5.10 Å². The summed E-state index contributed by atoms with van der Waals surface area (Å²) >= 11 is 0. The molecule has 0 radical (unpaired) electrons. The maximum absolute atomic E-state index is 11.7. The zero-order chi connectivity index (χ0) is 18.1. The minimum Gasteiger partial charge on any atom is -0.508 e. The molecule has 0 saturated heterocycles. The zero-order valence-electron chi connectivity index (χ0n) is 13.5. The number of phenolic OH excluding ortho intramolecular Hbond substituents is 2. The molecule has 0 unspecified atom stereocenters. The van der Waals surface area contributed by atoms with Crippen LogP contribution in [0.1, 0.15) is 17.5 Å². The van der Waals surface area contributed by atoms with Crippen LogP contribution in [0.3, 0.4) is 0 Å². The van der Waals surface area contributed by atoms with E-state index in [1.807, 2.05) is 30.3 Å². The molecule has 2 amide bonds. The molecule has 0 aromatic heterocycles. The average Bonchev–Trinajstić information content (AvgIpc) is 2.61. The number of amides is 2. The van der Waals surface area contributed by atoms with Crippen LogP contribution in [0.25, 0.3) is 0 Å². The number of hydrazone groups is 1. The summed E-state index contributed by atoms with van der Waals surface area (Å²) in [7, 11) is 0. The van der Waals surface area contributed by atoms with E-state index in [4.69, 9.17) is 0 Å². The maximum Gasteiger partial charge on any atom is 0.259 e. The Hall–Kier alpha value is -3.35. The van der Waals surface area contributed by atoms with Crippen molar-refractivity contribution in [1.82, 2.24) is 10.7 Å². The van der Waals surface area contributed by atoms with E-state index in [1.54, 1.807) is 0 Å². The normalized spacial score (nSPS) is 10.6. The Bertz CT molecular complexity index is 760. The summed E-state index contributed by atoms with van der Waals surface area (Å²) in [5.41, 5.74) is 3.64. The molecule has 0 aliphatic heterocycles. The zero-order valence-corrected chi connectivity index (χ0v) is 13.5. The number of aromatic hydroxyl groups is 2. The molecule has 7 nitrogen and oxygen atoms in total. The van der Waals surface area contributed by atoms with Gasteiger partial charge in [-0.25, -0.2) is 5.43 Å². The van der Waals surface area contributed by atoms with Gasteiger partial charge in [0.2, 0.25) is 5.91 Å². The van der Waals surface area contributed by atoms with Crippen LogP contribution in [-0.2, 0) is 16.0 Å². The van der Waals surface area contributed by atoms with Crippen molar-refractivity contribution in [2.45, 2.75) is 12.8 Å². The predicted molar refractivity (Wildman–Crippen MR) is 93.3 cm³/mol. The van der Waals surface area contributed by atoms with Crippen LogP contribution in [0.15, 0.2) is 53.6 Å². The lowest BCUT2D eigenvalue weighted by molar-refractivity contribution is -0.126. The molecule has 7 heteroatoms. The van der Waals surface area contributed by atoms with E-state index >= 15 is 0 Å². The summed E-state index contributed by atoms with van der Waals surface area (Å²) in [5, 5.41) is 24.9. The lowest BCUT2D eigenvalue weighted by atomic mass is 10.1. The average molecular weight is 341 g/mol. The second kappa shape index (κ2) is 9.07. The predicted octanol–water partition coefficient (Wildman–Crippen LogP) is 1.30. The number of aryl methyl sites for hydroxylation is 1. The number of nitrogens with one attached hydrogen (secondary N) is 2. The van der Waals surface area contributed by atoms with Gasteiger partial charge in [0, 0.05) is 18.1 Å². The van der Waals surface area contributed by atoms with E-state index in [1.165, 1.54) is 18.3 Å². The Labute approximate surface area is 145 Å². The van der Waals surface area contributed by atoms with Crippen molar-refractivity contribution in [3.8, 4) is 11.5 Å². The molecule has 2 rings (SSSR count). The molecule has 4 N–H and O–H groups in total. The second-order valence-electron chi connectivity index (χ2n) is 5.30. The molecule has 2 aromatic rings. The van der Waals surface area contributed by atoms with Crippen LogP contribution in [-0.4, -0.2) is 34.8 Å². The highest BCUT2D eigenvalue weighted by atomic mass is 16.3. The van der Waals surface area contributed by atoms with E-state index in [-0.39, 0.29) is 24.0 Å². The van der Waals surface area contributed by atoms with Crippen LogP contribution in [0, 0.1) is 0 Å². The SMILES string of the molecule is O=C(CCc1ccccc1)NCC(=O)N/N=C\c1ccc(O)cc1O. The van der Waals surface area contributed by atoms with Crippen molar-refractivity contribution in [3.05, 3.63) is 59.7 Å². The standard InChI is InChI=1S/C18H19N3O4/c22-15-8-7-14(16(23)10-15)11-20-21-18(25)12-19-17(24)9-6-13-4-2-1-3-5-13/h1-5,7-8,10-11,22-23H,6,9,12H2,(H,19,24)(H,21,25)/b20-11-. The van der Waals surface area contributed by atoms with Crippen LogP contribution in [0.4, 0.5) is 0 Å². The van der Waals surface area contributed by atoms with E-state index in [2.05, 4.69) is 15.8 Å². The van der Waals surface area contributed by atoms with Gasteiger partial charge in [0.25, 0.3) is 5.91 Å². The van der Waals surface area contributed by atoms with Gasteiger partial charge in [0.05, 0.1) is 12.8 Å². The van der Waals surface area contributed by atoms with Crippen molar-refractivity contribution >= 4 is 18.0 Å². The Morgan fingerprint density at radius 3 is 2.52 bits per heavy atom. The number of nitrogens with zero attached hydrogens (tertiary/aromatic N) is 1. The van der Waals surface area contributed by atoms with Gasteiger partial charge in [0.15, 0.2) is 0 Å². The molecule has 130 valence electrons. The van der Waals surface area contributed by atoms with Crippen LogP contribution in [0.5, 0.6) is 11.5 Å². The molecular weight excluding hydrogens is 322 g/mol. The van der Waals surface area contributed by atoms with Crippen molar-refractivity contribution in [3.63, 3.8) is 0 Å². The monoisotopic (exact) mass is 341 g/mol. The Kier molecular flexibility index (Phi) is 6.53. The molecule has 0 aliphatic rings. The molecule has 0 heterocycles. The quantitative estimate of drug-likeness (QED) is 0.449.